The van der Waals surface area contributed by atoms with Gasteiger partial charge in [0.2, 0.25) is 0 Å². The minimum absolute atomic E-state index is 0.0677. The van der Waals surface area contributed by atoms with Crippen LogP contribution in [-0.4, -0.2) is 28.3 Å². The van der Waals surface area contributed by atoms with E-state index < -0.39 is 28.3 Å². The molecule has 11 heteroatoms. The maximum atomic E-state index is 11.6. The van der Waals surface area contributed by atoms with E-state index in [9.17, 15) is 29.8 Å². The van der Waals surface area contributed by atoms with E-state index in [1.807, 2.05) is 0 Å². The molecule has 0 heterocycles. The van der Waals surface area contributed by atoms with Crippen LogP contribution in [0.4, 0.5) is 11.4 Å². The Morgan fingerprint density at radius 1 is 0.893 bits per heavy atom. The number of hydrazine groups is 1. The number of amides is 2. The van der Waals surface area contributed by atoms with Crippen LogP contribution in [0.15, 0.2) is 54.6 Å². The number of benzene rings is 2. The Balaban J connectivity index is 1.74. The molecule has 0 fully saturated rings. The molecule has 0 aliphatic rings. The van der Waals surface area contributed by atoms with E-state index in [-0.39, 0.29) is 17.1 Å². The molecular formula is C17H14N4O7. The molecule has 0 aliphatic carbocycles. The van der Waals surface area contributed by atoms with Crippen molar-refractivity contribution in [2.75, 3.05) is 6.61 Å². The Morgan fingerprint density at radius 3 is 1.96 bits per heavy atom. The second kappa shape index (κ2) is 9.43. The zero-order chi connectivity index (χ0) is 20.5. The van der Waals surface area contributed by atoms with Crippen LogP contribution in [0.5, 0.6) is 5.75 Å². The zero-order valence-corrected chi connectivity index (χ0v) is 14.2. The number of hydrogen-bond donors (Lipinski definition) is 2. The van der Waals surface area contributed by atoms with Crippen LogP contribution >= 0.6 is 0 Å². The molecule has 0 spiro atoms. The molecule has 2 aromatic rings. The Hall–Kier alpha value is -4.28. The van der Waals surface area contributed by atoms with Gasteiger partial charge in [-0.2, -0.15) is 0 Å². The van der Waals surface area contributed by atoms with Crippen LogP contribution in [-0.2, 0) is 9.59 Å². The minimum atomic E-state index is -0.643. The summed E-state index contributed by atoms with van der Waals surface area (Å²) in [5.41, 5.74) is 4.66. The SMILES string of the molecule is O=C(/C=C/c1ccc([N+](=O)[O-])cc1)NNC(=O)COc1ccc([N+](=O)[O-])cc1. The lowest BCUT2D eigenvalue weighted by Gasteiger charge is -2.07. The fourth-order valence-electron chi connectivity index (χ4n) is 1.90. The Labute approximate surface area is 157 Å². The molecule has 0 saturated carbocycles. The van der Waals surface area contributed by atoms with Crippen molar-refractivity contribution in [3.05, 3.63) is 80.4 Å². The molecule has 2 amide bonds. The fourth-order valence-corrected chi connectivity index (χ4v) is 1.90. The molecule has 0 unspecified atom stereocenters. The molecule has 0 saturated heterocycles. The standard InChI is InChI=1S/C17H14N4O7/c22-16(10-3-12-1-4-13(5-2-12)20(24)25)18-19-17(23)11-28-15-8-6-14(7-9-15)21(26)27/h1-10H,11H2,(H,18,22)(H,19,23)/b10-3+. The van der Waals surface area contributed by atoms with Crippen molar-refractivity contribution in [1.29, 1.82) is 0 Å². The summed E-state index contributed by atoms with van der Waals surface area (Å²) in [6.45, 7) is -0.413. The average molecular weight is 386 g/mol. The topological polar surface area (TPSA) is 154 Å². The molecule has 11 nitrogen and oxygen atoms in total. The van der Waals surface area contributed by atoms with Crippen LogP contribution < -0.4 is 15.6 Å². The highest BCUT2D eigenvalue weighted by atomic mass is 16.6. The maximum absolute atomic E-state index is 11.6. The Bertz CT molecular complexity index is 908. The van der Waals surface area contributed by atoms with E-state index in [1.165, 1.54) is 54.6 Å². The molecule has 0 bridgehead atoms. The summed E-state index contributed by atoms with van der Waals surface area (Å²) in [5, 5.41) is 21.1. The van der Waals surface area contributed by atoms with Gasteiger partial charge >= 0.3 is 0 Å². The summed E-state index contributed by atoms with van der Waals surface area (Å²) < 4.78 is 5.14. The van der Waals surface area contributed by atoms with Crippen LogP contribution in [0.3, 0.4) is 0 Å². The van der Waals surface area contributed by atoms with Gasteiger partial charge in [0.15, 0.2) is 6.61 Å². The van der Waals surface area contributed by atoms with Crippen molar-refractivity contribution in [3.63, 3.8) is 0 Å². The van der Waals surface area contributed by atoms with Crippen LogP contribution in [0, 0.1) is 20.2 Å². The lowest BCUT2D eigenvalue weighted by Crippen LogP contribution is -2.43. The third-order valence-electron chi connectivity index (χ3n) is 3.27. The zero-order valence-electron chi connectivity index (χ0n) is 14.2. The minimum Gasteiger partial charge on any atom is -0.484 e. The molecule has 0 aliphatic heterocycles. The summed E-state index contributed by atoms with van der Waals surface area (Å²) in [4.78, 5) is 43.3. The van der Waals surface area contributed by atoms with Gasteiger partial charge in [-0.15, -0.1) is 0 Å². The van der Waals surface area contributed by atoms with Gasteiger partial charge in [-0.05, 0) is 35.9 Å². The monoisotopic (exact) mass is 386 g/mol. The lowest BCUT2D eigenvalue weighted by atomic mass is 10.2. The van der Waals surface area contributed by atoms with Gasteiger partial charge in [-0.1, -0.05) is 0 Å². The van der Waals surface area contributed by atoms with Crippen molar-refractivity contribution < 1.29 is 24.2 Å². The molecule has 144 valence electrons. The predicted molar refractivity (Wildman–Crippen MR) is 97.0 cm³/mol. The second-order valence-corrected chi connectivity index (χ2v) is 5.26. The summed E-state index contributed by atoms with van der Waals surface area (Å²) in [6.07, 6.45) is 2.55. The Kier molecular flexibility index (Phi) is 6.75. The van der Waals surface area contributed by atoms with Crippen LogP contribution in [0.2, 0.25) is 0 Å². The number of nitro benzene ring substituents is 2. The van der Waals surface area contributed by atoms with Gasteiger partial charge in [0.05, 0.1) is 9.85 Å². The first-order valence-electron chi connectivity index (χ1n) is 7.74. The molecule has 28 heavy (non-hydrogen) atoms. The largest absolute Gasteiger partial charge is 0.484 e. The van der Waals surface area contributed by atoms with Crippen molar-refractivity contribution in [2.45, 2.75) is 0 Å². The summed E-state index contributed by atoms with van der Waals surface area (Å²) in [5.74, 6) is -1.01. The number of carbonyl (C=O) groups excluding carboxylic acids is 2. The fraction of sp³-hybridized carbons (Fsp3) is 0.0588. The molecule has 2 aromatic carbocycles. The Morgan fingerprint density at radius 2 is 1.43 bits per heavy atom. The number of nitrogens with zero attached hydrogens (tertiary/aromatic N) is 2. The van der Waals surface area contributed by atoms with Gasteiger partial charge in [0.25, 0.3) is 23.2 Å². The second-order valence-electron chi connectivity index (χ2n) is 5.26. The van der Waals surface area contributed by atoms with Gasteiger partial charge in [0, 0.05) is 30.3 Å². The van der Waals surface area contributed by atoms with Gasteiger partial charge in [-0.25, -0.2) is 0 Å². The van der Waals surface area contributed by atoms with Gasteiger partial charge < -0.3 is 4.74 Å². The van der Waals surface area contributed by atoms with E-state index >= 15 is 0 Å². The lowest BCUT2D eigenvalue weighted by molar-refractivity contribution is -0.385. The number of non-ortho nitro benzene ring substituents is 2. The maximum Gasteiger partial charge on any atom is 0.276 e. The normalized spacial score (nSPS) is 10.3. The third-order valence-corrected chi connectivity index (χ3v) is 3.27. The van der Waals surface area contributed by atoms with Gasteiger partial charge in [-0.3, -0.25) is 40.7 Å². The van der Waals surface area contributed by atoms with E-state index in [1.54, 1.807) is 0 Å². The van der Waals surface area contributed by atoms with E-state index in [0.717, 1.165) is 6.08 Å². The first-order valence-corrected chi connectivity index (χ1v) is 7.74. The number of hydrogen-bond acceptors (Lipinski definition) is 7. The third kappa shape index (κ3) is 6.22. The van der Waals surface area contributed by atoms with Crippen LogP contribution in [0.25, 0.3) is 6.08 Å². The highest BCUT2D eigenvalue weighted by Crippen LogP contribution is 2.17. The molecule has 2 rings (SSSR count). The van der Waals surface area contributed by atoms with Crippen molar-refractivity contribution in [2.24, 2.45) is 0 Å². The summed E-state index contributed by atoms with van der Waals surface area (Å²) >= 11 is 0. The molecule has 0 radical (unpaired) electrons. The average Bonchev–Trinajstić information content (AvgIpc) is 2.69. The highest BCUT2D eigenvalue weighted by molar-refractivity contribution is 5.93. The van der Waals surface area contributed by atoms with Crippen LogP contribution in [0.1, 0.15) is 5.56 Å². The molecular weight excluding hydrogens is 372 g/mol. The first-order chi connectivity index (χ1) is 13.3. The number of rotatable bonds is 7. The van der Waals surface area contributed by atoms with Crippen molar-refractivity contribution in [1.82, 2.24) is 10.9 Å². The molecule has 0 atom stereocenters. The summed E-state index contributed by atoms with van der Waals surface area (Å²) in [7, 11) is 0. The highest BCUT2D eigenvalue weighted by Gasteiger charge is 2.07. The van der Waals surface area contributed by atoms with E-state index in [2.05, 4.69) is 10.9 Å². The number of nitrogens with one attached hydrogen (secondary N) is 2. The quantitative estimate of drug-likeness (QED) is 0.417. The van der Waals surface area contributed by atoms with Crippen molar-refractivity contribution in [3.8, 4) is 5.75 Å². The number of ether oxygens (including phenoxy) is 1. The summed E-state index contributed by atoms with van der Waals surface area (Å²) in [6, 6.07) is 10.7. The van der Waals surface area contributed by atoms with E-state index in [4.69, 9.17) is 4.74 Å². The van der Waals surface area contributed by atoms with Crippen molar-refractivity contribution >= 4 is 29.3 Å². The molecule has 0 aromatic heterocycles. The number of carbonyl (C=O) groups is 2. The predicted octanol–water partition coefficient (Wildman–Crippen LogP) is 1.74. The number of nitro groups is 2. The van der Waals surface area contributed by atoms with Gasteiger partial charge in [0.1, 0.15) is 5.75 Å². The van der Waals surface area contributed by atoms with E-state index in [0.29, 0.717) is 5.56 Å². The first kappa shape index (κ1) is 20.0. The smallest absolute Gasteiger partial charge is 0.276 e. The molecule has 2 N–H and O–H groups in total.